The fraction of sp³-hybridized carbons (Fsp3) is 0.632. The Labute approximate surface area is 626 Å². The lowest BCUT2D eigenvalue weighted by Gasteiger charge is -2.39. The molecule has 568 valence electrons. The molecule has 6 aromatic rings. The predicted molar refractivity (Wildman–Crippen MR) is 409 cm³/mol. The Morgan fingerprint density at radius 2 is 1.29 bits per heavy atom. The van der Waals surface area contributed by atoms with Gasteiger partial charge >= 0.3 is 0 Å². The molecule has 6 aliphatic carbocycles. The van der Waals surface area contributed by atoms with Crippen molar-refractivity contribution in [3.63, 3.8) is 0 Å². The molecule has 0 aromatic carbocycles. The summed E-state index contributed by atoms with van der Waals surface area (Å²) in [5, 5.41) is 18.9. The zero-order chi connectivity index (χ0) is 74.9. The number of rotatable bonds is 22. The van der Waals surface area contributed by atoms with E-state index in [0.29, 0.717) is 119 Å². The molecule has 6 saturated carbocycles. The van der Waals surface area contributed by atoms with Crippen molar-refractivity contribution < 1.29 is 44.8 Å². The molecule has 8 fully saturated rings. The Kier molecular flexibility index (Phi) is 19.3. The molecule has 6 aromatic heterocycles. The second-order valence-electron chi connectivity index (χ2n) is 35.8. The molecule has 4 bridgehead atoms. The van der Waals surface area contributed by atoms with Gasteiger partial charge in [-0.3, -0.25) is 9.59 Å². The molecule has 0 radical (unpaired) electrons. The van der Waals surface area contributed by atoms with Crippen molar-refractivity contribution in [1.82, 2.24) is 54.3 Å². The second kappa shape index (κ2) is 26.9. The quantitative estimate of drug-likeness (QED) is 0.0240. The molecule has 3 aliphatic heterocycles. The molecule has 29 heteroatoms. The van der Waals surface area contributed by atoms with Gasteiger partial charge < -0.3 is 39.2 Å². The first-order chi connectivity index (χ1) is 49.3. The van der Waals surface area contributed by atoms with E-state index in [1.807, 2.05) is 12.3 Å². The molecule has 2 amide bonds. The third kappa shape index (κ3) is 15.0. The normalized spacial score (nSPS) is 23.2. The number of sulfonamides is 2. The van der Waals surface area contributed by atoms with Crippen LogP contribution in [0.5, 0.6) is 11.8 Å². The molecular weight excluding hydrogens is 1420 g/mol. The molecule has 24 nitrogen and oxygen atoms in total. The second-order valence-corrected chi connectivity index (χ2v) is 49.0. The Balaban J connectivity index is 0.000000177. The number of anilines is 3. The Hall–Kier alpha value is -6.54. The molecular formula is C76H107ClN14O10S2Si2. The van der Waals surface area contributed by atoms with Crippen LogP contribution in [0.15, 0.2) is 95.2 Å². The van der Waals surface area contributed by atoms with Crippen LogP contribution in [-0.4, -0.2) is 147 Å². The number of fused-ring (bicyclic) bond motifs is 8. The SMILES string of the molecule is CC1(C)C[C@@H]2CCCNc3cccc(n3)S(=O)(=O)NC(=O)c3ccc(-n4ccc(OCC(O[Si](C)(C)C(C)(C)C)C5C6(CC6)C56CC6)n4)nc3N1C2.CC1(C)C[C@H](CCCNc2cccc(S(=O)(=O)NC(=O)c3ccc(-n4ccc(OCC(O[Si](C)(C)C(C)(C)C)C5C6(CC6)C56CC6)n4)nc3Cl)n2)CN1. The molecule has 2 saturated heterocycles. The number of hydrogen-bond acceptors (Lipinski definition) is 20. The highest BCUT2D eigenvalue weighted by Crippen LogP contribution is 2.94. The summed E-state index contributed by atoms with van der Waals surface area (Å²) >= 11 is 6.44. The van der Waals surface area contributed by atoms with Crippen LogP contribution in [0.25, 0.3) is 11.6 Å². The van der Waals surface area contributed by atoms with Crippen LogP contribution >= 0.6 is 11.6 Å². The Morgan fingerprint density at radius 1 is 0.724 bits per heavy atom. The summed E-state index contributed by atoms with van der Waals surface area (Å²) in [6.45, 7) is 35.6. The monoisotopic (exact) mass is 1530 g/mol. The van der Waals surface area contributed by atoms with E-state index in [2.05, 4.69) is 146 Å². The van der Waals surface area contributed by atoms with Gasteiger partial charge in [0.1, 0.15) is 35.8 Å². The summed E-state index contributed by atoms with van der Waals surface area (Å²) < 4.78 is 87.4. The first-order valence-electron chi connectivity index (χ1n) is 37.8. The third-order valence-electron chi connectivity index (χ3n) is 25.7. The number of pyridine rings is 4. The average Bonchev–Trinajstić information content (AvgIpc) is 1.45. The third-order valence-corrected chi connectivity index (χ3v) is 37.5. The van der Waals surface area contributed by atoms with Crippen molar-refractivity contribution in [1.29, 1.82) is 0 Å². The number of nitrogens with one attached hydrogen (secondary N) is 5. The van der Waals surface area contributed by atoms with Gasteiger partial charge in [0.2, 0.25) is 11.8 Å². The highest BCUT2D eigenvalue weighted by molar-refractivity contribution is 7.90. The number of hydrogen-bond donors (Lipinski definition) is 5. The summed E-state index contributed by atoms with van der Waals surface area (Å²) in [5.41, 5.74) is 1.83. The van der Waals surface area contributed by atoms with E-state index < -0.39 is 48.5 Å². The zero-order valence-electron chi connectivity index (χ0n) is 63.5. The van der Waals surface area contributed by atoms with Crippen molar-refractivity contribution in [2.45, 2.75) is 229 Å². The molecule has 5 N–H and O–H groups in total. The maximum absolute atomic E-state index is 13.8. The van der Waals surface area contributed by atoms with Crippen molar-refractivity contribution in [2.75, 3.05) is 54.9 Å². The Morgan fingerprint density at radius 3 is 1.83 bits per heavy atom. The summed E-state index contributed by atoms with van der Waals surface area (Å²) in [7, 11) is -12.6. The molecule has 15 rings (SSSR count). The van der Waals surface area contributed by atoms with Crippen LogP contribution < -0.4 is 39.8 Å². The van der Waals surface area contributed by atoms with Gasteiger partial charge in [-0.15, -0.1) is 10.2 Å². The fourth-order valence-corrected chi connectivity index (χ4v) is 22.5. The van der Waals surface area contributed by atoms with Crippen LogP contribution in [0.3, 0.4) is 0 Å². The maximum atomic E-state index is 13.8. The molecule has 105 heavy (non-hydrogen) atoms. The number of amides is 2. The van der Waals surface area contributed by atoms with Gasteiger partial charge in [-0.25, -0.2) is 38.7 Å². The number of carbonyl (C=O) groups excluding carboxylic acids is 2. The lowest BCUT2D eigenvalue weighted by molar-refractivity contribution is 0.0850. The number of ether oxygens (including phenoxy) is 2. The van der Waals surface area contributed by atoms with Crippen molar-refractivity contribution in [3.05, 3.63) is 101 Å². The van der Waals surface area contributed by atoms with Gasteiger partial charge in [-0.05, 0) is 254 Å². The molecule has 4 atom stereocenters. The molecule has 2 unspecified atom stereocenters. The highest BCUT2D eigenvalue weighted by Gasteiger charge is 2.89. The lowest BCUT2D eigenvalue weighted by Crippen LogP contribution is -2.46. The number of halogens is 1. The van der Waals surface area contributed by atoms with Crippen LogP contribution in [0.4, 0.5) is 17.5 Å². The topological polar surface area (TPSA) is 290 Å². The van der Waals surface area contributed by atoms with Crippen molar-refractivity contribution in [3.8, 4) is 23.4 Å². The van der Waals surface area contributed by atoms with E-state index in [-0.39, 0.29) is 59.7 Å². The van der Waals surface area contributed by atoms with Gasteiger partial charge in [0.15, 0.2) is 38.3 Å². The van der Waals surface area contributed by atoms with Crippen molar-refractivity contribution in [2.24, 2.45) is 45.3 Å². The fourth-order valence-electron chi connectivity index (χ4n) is 17.7. The number of aromatic nitrogens is 8. The number of carbonyl (C=O) groups is 2. The van der Waals surface area contributed by atoms with Crippen LogP contribution in [0, 0.1) is 45.3 Å². The smallest absolute Gasteiger partial charge is 0.281 e. The first kappa shape index (κ1) is 75.3. The largest absolute Gasteiger partial charge is 0.474 e. The average molecular weight is 1530 g/mol. The summed E-state index contributed by atoms with van der Waals surface area (Å²) in [6.07, 6.45) is 20.0. The van der Waals surface area contributed by atoms with Gasteiger partial charge in [0.25, 0.3) is 31.9 Å². The van der Waals surface area contributed by atoms with E-state index in [9.17, 15) is 26.4 Å². The molecule has 4 spiro atoms. The summed E-state index contributed by atoms with van der Waals surface area (Å²) in [5.74, 6) is 3.50. The first-order valence-corrected chi connectivity index (χ1v) is 47.0. The highest BCUT2D eigenvalue weighted by atomic mass is 35.5. The van der Waals surface area contributed by atoms with E-state index >= 15 is 0 Å². The van der Waals surface area contributed by atoms with Gasteiger partial charge in [0.05, 0.1) is 23.3 Å². The predicted octanol–water partition coefficient (Wildman–Crippen LogP) is 13.5. The van der Waals surface area contributed by atoms with Crippen LogP contribution in [0.2, 0.25) is 41.4 Å². The Bertz CT molecular complexity index is 4500. The van der Waals surface area contributed by atoms with Gasteiger partial charge in [-0.1, -0.05) is 65.3 Å². The van der Waals surface area contributed by atoms with Crippen LogP contribution in [-0.2, 0) is 28.9 Å². The summed E-state index contributed by atoms with van der Waals surface area (Å²) in [6, 6.07) is 19.3. The van der Waals surface area contributed by atoms with Crippen LogP contribution in [0.1, 0.15) is 180 Å². The minimum absolute atomic E-state index is 0.0267. The van der Waals surface area contributed by atoms with E-state index in [0.717, 1.165) is 45.1 Å². The zero-order valence-corrected chi connectivity index (χ0v) is 67.9. The minimum Gasteiger partial charge on any atom is -0.474 e. The molecule has 9 aliphatic rings. The number of nitrogens with zero attached hydrogens (tertiary/aromatic N) is 9. The van der Waals surface area contributed by atoms with E-state index in [1.54, 1.807) is 59.4 Å². The van der Waals surface area contributed by atoms with E-state index in [4.69, 9.17) is 40.0 Å². The lowest BCUT2D eigenvalue weighted by atomic mass is 9.93. The standard InChI is InChI=1S/C38H54ClN7O5SSi.C38H53N7O5SSi/c1-35(2,3)53(6,7)51-27(32-37(16-17-37)38(32)18-19-38)24-50-30-15-21-46(44-30)29-14-13-26(33(39)43-29)34(47)45-52(48,49)31-12-8-11-28(42-31)40-20-9-10-25-22-36(4,5)41-23-25;1-35(2,3)52(6,7)50-27(32-37(16-17-37)38(32)18-19-38)24-49-30-15-21-45(42-30)29-14-13-26-33(41-29)44-23-25(22-36(44,4)5)10-9-20-39-28-11-8-12-31(40-28)51(47,48)43-34(26)46/h8,11-15,21,25,27,32,41H,9-10,16-20,22-24H2,1-7H3,(H,40,42)(H,45,47);8,11-15,21,25,27,32H,9-10,16-20,22-24H2,1-7H3,(H,39,40)(H,43,46)/t2*25-,27?/m00/s1. The van der Waals surface area contributed by atoms with Crippen molar-refractivity contribution >= 4 is 77.6 Å². The van der Waals surface area contributed by atoms with E-state index in [1.165, 1.54) is 74.2 Å². The van der Waals surface area contributed by atoms with Gasteiger partial charge in [-0.2, -0.15) is 16.8 Å². The summed E-state index contributed by atoms with van der Waals surface area (Å²) in [4.78, 5) is 47.0. The maximum Gasteiger partial charge on any atom is 0.281 e. The minimum atomic E-state index is -4.29. The van der Waals surface area contributed by atoms with Gasteiger partial charge in [0, 0.05) is 55.2 Å². The molecule has 9 heterocycles.